The van der Waals surface area contributed by atoms with Crippen LogP contribution in [0, 0.1) is 5.92 Å². The van der Waals surface area contributed by atoms with Gasteiger partial charge in [0.15, 0.2) is 0 Å². The SMILES string of the molecule is CC(C)Cn1cc(C2(C(=O)O)CCCC2)cn1. The minimum atomic E-state index is -0.695. The maximum absolute atomic E-state index is 11.5. The first-order valence-electron chi connectivity index (χ1n) is 6.31. The summed E-state index contributed by atoms with van der Waals surface area (Å²) in [5.41, 5.74) is 0.207. The zero-order valence-electron chi connectivity index (χ0n) is 10.5. The van der Waals surface area contributed by atoms with E-state index >= 15 is 0 Å². The Kier molecular flexibility index (Phi) is 3.22. The quantitative estimate of drug-likeness (QED) is 0.873. The molecule has 1 aromatic heterocycles. The lowest BCUT2D eigenvalue weighted by molar-refractivity contribution is -0.143. The van der Waals surface area contributed by atoms with E-state index in [1.54, 1.807) is 6.20 Å². The number of rotatable bonds is 4. The molecule has 94 valence electrons. The van der Waals surface area contributed by atoms with Crippen LogP contribution in [-0.2, 0) is 16.8 Å². The third kappa shape index (κ3) is 2.21. The molecule has 1 N–H and O–H groups in total. The summed E-state index contributed by atoms with van der Waals surface area (Å²) >= 11 is 0. The van der Waals surface area contributed by atoms with Crippen molar-refractivity contribution < 1.29 is 9.90 Å². The van der Waals surface area contributed by atoms with Gasteiger partial charge in [0, 0.05) is 18.3 Å². The van der Waals surface area contributed by atoms with Crippen LogP contribution >= 0.6 is 0 Å². The van der Waals surface area contributed by atoms with Crippen molar-refractivity contribution in [1.82, 2.24) is 9.78 Å². The predicted molar refractivity (Wildman–Crippen MR) is 64.8 cm³/mol. The van der Waals surface area contributed by atoms with E-state index in [4.69, 9.17) is 0 Å². The molecule has 0 saturated heterocycles. The molecule has 1 aromatic rings. The van der Waals surface area contributed by atoms with Crippen LogP contribution in [0.5, 0.6) is 0 Å². The predicted octanol–water partition coefficient (Wildman–Crippen LogP) is 2.44. The monoisotopic (exact) mass is 236 g/mol. The van der Waals surface area contributed by atoms with E-state index in [0.29, 0.717) is 5.92 Å². The van der Waals surface area contributed by atoms with Crippen LogP contribution < -0.4 is 0 Å². The largest absolute Gasteiger partial charge is 0.481 e. The number of carboxylic acids is 1. The molecule has 0 amide bonds. The van der Waals surface area contributed by atoms with Crippen molar-refractivity contribution in [2.75, 3.05) is 0 Å². The summed E-state index contributed by atoms with van der Waals surface area (Å²) in [7, 11) is 0. The number of nitrogens with zero attached hydrogens (tertiary/aromatic N) is 2. The third-order valence-electron chi connectivity index (χ3n) is 3.60. The second kappa shape index (κ2) is 4.51. The number of aliphatic carboxylic acids is 1. The molecular formula is C13H20N2O2. The summed E-state index contributed by atoms with van der Waals surface area (Å²) in [6.45, 7) is 5.10. The summed E-state index contributed by atoms with van der Waals surface area (Å²) in [6, 6.07) is 0. The van der Waals surface area contributed by atoms with Crippen molar-refractivity contribution in [3.63, 3.8) is 0 Å². The highest BCUT2D eigenvalue weighted by Crippen LogP contribution is 2.41. The third-order valence-corrected chi connectivity index (χ3v) is 3.60. The van der Waals surface area contributed by atoms with Gasteiger partial charge in [0.2, 0.25) is 0 Å². The molecule has 0 atom stereocenters. The molecule has 0 unspecified atom stereocenters. The van der Waals surface area contributed by atoms with E-state index in [-0.39, 0.29) is 0 Å². The molecule has 4 nitrogen and oxygen atoms in total. The zero-order chi connectivity index (χ0) is 12.5. The van der Waals surface area contributed by atoms with Gasteiger partial charge in [-0.25, -0.2) is 0 Å². The van der Waals surface area contributed by atoms with Gasteiger partial charge in [-0.05, 0) is 18.8 Å². The van der Waals surface area contributed by atoms with Gasteiger partial charge in [-0.2, -0.15) is 5.10 Å². The molecule has 1 aliphatic carbocycles. The van der Waals surface area contributed by atoms with E-state index < -0.39 is 11.4 Å². The number of hydrogen-bond acceptors (Lipinski definition) is 2. The molecule has 0 aliphatic heterocycles. The minimum absolute atomic E-state index is 0.520. The minimum Gasteiger partial charge on any atom is -0.481 e. The average Bonchev–Trinajstić information content (AvgIpc) is 2.83. The first kappa shape index (κ1) is 12.1. The Balaban J connectivity index is 2.25. The Hall–Kier alpha value is -1.32. The first-order chi connectivity index (χ1) is 8.04. The molecular weight excluding hydrogens is 216 g/mol. The molecule has 1 heterocycles. The number of aromatic nitrogens is 2. The van der Waals surface area contributed by atoms with Gasteiger partial charge in [-0.3, -0.25) is 9.48 Å². The zero-order valence-corrected chi connectivity index (χ0v) is 10.5. The Morgan fingerprint density at radius 2 is 2.18 bits per heavy atom. The van der Waals surface area contributed by atoms with Gasteiger partial charge in [0.1, 0.15) is 0 Å². The summed E-state index contributed by atoms with van der Waals surface area (Å²) in [5.74, 6) is -0.175. The molecule has 4 heteroatoms. The lowest BCUT2D eigenvalue weighted by Gasteiger charge is -2.21. The smallest absolute Gasteiger partial charge is 0.314 e. The van der Waals surface area contributed by atoms with Crippen LogP contribution in [0.1, 0.15) is 45.1 Å². The maximum atomic E-state index is 11.5. The van der Waals surface area contributed by atoms with Crippen molar-refractivity contribution in [3.8, 4) is 0 Å². The van der Waals surface area contributed by atoms with Crippen LogP contribution in [-0.4, -0.2) is 20.9 Å². The number of carbonyl (C=O) groups is 1. The van der Waals surface area contributed by atoms with Crippen molar-refractivity contribution in [1.29, 1.82) is 0 Å². The van der Waals surface area contributed by atoms with E-state index in [9.17, 15) is 9.90 Å². The molecule has 1 saturated carbocycles. The molecule has 0 spiro atoms. The first-order valence-corrected chi connectivity index (χ1v) is 6.31. The summed E-state index contributed by atoms with van der Waals surface area (Å²) in [5, 5.41) is 13.8. The molecule has 0 aromatic carbocycles. The highest BCUT2D eigenvalue weighted by molar-refractivity contribution is 5.81. The van der Waals surface area contributed by atoms with Gasteiger partial charge in [0.05, 0.1) is 11.6 Å². The van der Waals surface area contributed by atoms with Crippen LogP contribution in [0.3, 0.4) is 0 Å². The molecule has 0 radical (unpaired) electrons. The van der Waals surface area contributed by atoms with Crippen molar-refractivity contribution in [3.05, 3.63) is 18.0 Å². The molecule has 0 bridgehead atoms. The van der Waals surface area contributed by atoms with Gasteiger partial charge < -0.3 is 5.11 Å². The topological polar surface area (TPSA) is 55.1 Å². The molecule has 1 aliphatic rings. The van der Waals surface area contributed by atoms with Crippen LogP contribution in [0.2, 0.25) is 0 Å². The number of carboxylic acid groups (broad SMARTS) is 1. The van der Waals surface area contributed by atoms with E-state index in [0.717, 1.165) is 37.8 Å². The van der Waals surface area contributed by atoms with Crippen molar-refractivity contribution in [2.24, 2.45) is 5.92 Å². The number of hydrogen-bond donors (Lipinski definition) is 1. The van der Waals surface area contributed by atoms with Gasteiger partial charge >= 0.3 is 5.97 Å². The molecule has 2 rings (SSSR count). The molecule has 17 heavy (non-hydrogen) atoms. The lowest BCUT2D eigenvalue weighted by Crippen LogP contribution is -2.32. The fraction of sp³-hybridized carbons (Fsp3) is 0.692. The van der Waals surface area contributed by atoms with E-state index in [1.807, 2.05) is 10.9 Å². The van der Waals surface area contributed by atoms with Gasteiger partial charge in [0.25, 0.3) is 0 Å². The maximum Gasteiger partial charge on any atom is 0.314 e. The highest BCUT2D eigenvalue weighted by Gasteiger charge is 2.43. The normalized spacial score (nSPS) is 18.8. The Labute approximate surface area is 102 Å². The van der Waals surface area contributed by atoms with E-state index in [2.05, 4.69) is 18.9 Å². The molecule has 1 fully saturated rings. The Morgan fingerprint density at radius 1 is 1.53 bits per heavy atom. The van der Waals surface area contributed by atoms with Crippen LogP contribution in [0.15, 0.2) is 12.4 Å². The van der Waals surface area contributed by atoms with Crippen molar-refractivity contribution >= 4 is 5.97 Å². The van der Waals surface area contributed by atoms with Crippen molar-refractivity contribution in [2.45, 2.75) is 51.5 Å². The summed E-state index contributed by atoms with van der Waals surface area (Å²) in [6.07, 6.45) is 7.15. The summed E-state index contributed by atoms with van der Waals surface area (Å²) in [4.78, 5) is 11.5. The van der Waals surface area contributed by atoms with Crippen LogP contribution in [0.25, 0.3) is 0 Å². The second-order valence-corrected chi connectivity index (χ2v) is 5.44. The summed E-state index contributed by atoms with van der Waals surface area (Å²) < 4.78 is 1.86. The Bertz CT molecular complexity index is 403. The van der Waals surface area contributed by atoms with Crippen LogP contribution in [0.4, 0.5) is 0 Å². The Morgan fingerprint density at radius 3 is 2.71 bits per heavy atom. The van der Waals surface area contributed by atoms with Gasteiger partial charge in [-0.15, -0.1) is 0 Å². The van der Waals surface area contributed by atoms with Gasteiger partial charge in [-0.1, -0.05) is 26.7 Å². The fourth-order valence-corrected chi connectivity index (χ4v) is 2.69. The average molecular weight is 236 g/mol. The second-order valence-electron chi connectivity index (χ2n) is 5.44. The lowest BCUT2D eigenvalue weighted by atomic mass is 9.81. The standard InChI is InChI=1S/C13H20N2O2/c1-10(2)8-15-9-11(7-14-15)13(12(16)17)5-3-4-6-13/h7,9-10H,3-6,8H2,1-2H3,(H,16,17). The fourth-order valence-electron chi connectivity index (χ4n) is 2.69. The highest BCUT2D eigenvalue weighted by atomic mass is 16.4. The van der Waals surface area contributed by atoms with E-state index in [1.165, 1.54) is 0 Å².